The molecular formula is C10H7NOS. The van der Waals surface area contributed by atoms with E-state index in [-0.39, 0.29) is 0 Å². The summed E-state index contributed by atoms with van der Waals surface area (Å²) in [6.45, 7) is 1.83. The molecule has 1 heterocycles. The number of aryl methyl sites for hydroxylation is 1. The van der Waals surface area contributed by atoms with Crippen LogP contribution in [-0.4, -0.2) is 5.11 Å². The first-order chi connectivity index (χ1) is 6.22. The molecule has 0 aliphatic rings. The molecule has 2 aromatic rings. The second-order valence-corrected chi connectivity index (χ2v) is 3.81. The molecule has 1 aromatic heterocycles. The third-order valence-electron chi connectivity index (χ3n) is 2.01. The fraction of sp³-hybridized carbons (Fsp3) is 0.100. The molecule has 3 heteroatoms. The zero-order valence-corrected chi connectivity index (χ0v) is 7.85. The molecule has 1 N–H and O–H groups in total. The van der Waals surface area contributed by atoms with Crippen molar-refractivity contribution in [2.75, 3.05) is 0 Å². The number of phenols is 1. The molecule has 0 aliphatic heterocycles. The van der Waals surface area contributed by atoms with E-state index in [0.717, 1.165) is 15.6 Å². The van der Waals surface area contributed by atoms with Crippen molar-refractivity contribution < 1.29 is 5.11 Å². The van der Waals surface area contributed by atoms with Gasteiger partial charge >= 0.3 is 0 Å². The van der Waals surface area contributed by atoms with Crippen molar-refractivity contribution in [3.8, 4) is 11.8 Å². The van der Waals surface area contributed by atoms with Crippen molar-refractivity contribution in [1.82, 2.24) is 0 Å². The molecule has 13 heavy (non-hydrogen) atoms. The number of nitrogens with zero attached hydrogens (tertiary/aromatic N) is 1. The second-order valence-electron chi connectivity index (χ2n) is 2.90. The van der Waals surface area contributed by atoms with E-state index in [9.17, 15) is 5.11 Å². The summed E-state index contributed by atoms with van der Waals surface area (Å²) in [5.41, 5.74) is 1.49. The molecule has 0 unspecified atom stereocenters. The Hall–Kier alpha value is -1.53. The summed E-state index contributed by atoms with van der Waals surface area (Å²) in [6.07, 6.45) is 0. The first-order valence-electron chi connectivity index (χ1n) is 3.83. The van der Waals surface area contributed by atoms with Crippen molar-refractivity contribution in [2.24, 2.45) is 0 Å². The average molecular weight is 189 g/mol. The summed E-state index contributed by atoms with van der Waals surface area (Å²) in [7, 11) is 0. The van der Waals surface area contributed by atoms with E-state index >= 15 is 0 Å². The monoisotopic (exact) mass is 189 g/mol. The summed E-state index contributed by atoms with van der Waals surface area (Å²) in [4.78, 5) is 0. The molecule has 0 aliphatic carbocycles. The maximum atomic E-state index is 9.42. The molecule has 0 saturated heterocycles. The highest BCUT2D eigenvalue weighted by molar-refractivity contribution is 7.17. The number of rotatable bonds is 0. The van der Waals surface area contributed by atoms with E-state index in [1.807, 2.05) is 18.4 Å². The lowest BCUT2D eigenvalue weighted by Crippen LogP contribution is -1.75. The van der Waals surface area contributed by atoms with Gasteiger partial charge in [0.1, 0.15) is 11.8 Å². The number of aromatic hydroxyl groups is 1. The molecule has 1 aromatic carbocycles. The van der Waals surface area contributed by atoms with Crippen LogP contribution in [0.5, 0.6) is 5.75 Å². The van der Waals surface area contributed by atoms with Crippen molar-refractivity contribution in [1.29, 1.82) is 5.26 Å². The van der Waals surface area contributed by atoms with Gasteiger partial charge in [-0.25, -0.2) is 0 Å². The zero-order valence-electron chi connectivity index (χ0n) is 7.03. The first kappa shape index (κ1) is 8.09. The van der Waals surface area contributed by atoms with E-state index in [1.165, 1.54) is 11.3 Å². The molecular weight excluding hydrogens is 182 g/mol. The SMILES string of the molecule is Cc1cc2c(C#N)csc2cc1O. The Morgan fingerprint density at radius 3 is 2.92 bits per heavy atom. The van der Waals surface area contributed by atoms with E-state index in [4.69, 9.17) is 5.26 Å². The summed E-state index contributed by atoms with van der Waals surface area (Å²) in [5, 5.41) is 20.9. The van der Waals surface area contributed by atoms with Crippen LogP contribution >= 0.6 is 11.3 Å². The van der Waals surface area contributed by atoms with Crippen LogP contribution in [0.1, 0.15) is 11.1 Å². The highest BCUT2D eigenvalue weighted by Crippen LogP contribution is 2.30. The van der Waals surface area contributed by atoms with E-state index < -0.39 is 0 Å². The Morgan fingerprint density at radius 1 is 1.46 bits per heavy atom. The predicted molar refractivity (Wildman–Crippen MR) is 52.9 cm³/mol. The average Bonchev–Trinajstić information content (AvgIpc) is 2.48. The lowest BCUT2D eigenvalue weighted by Gasteiger charge is -1.97. The molecule has 0 amide bonds. The number of benzene rings is 1. The molecule has 0 fully saturated rings. The van der Waals surface area contributed by atoms with Gasteiger partial charge < -0.3 is 5.11 Å². The normalized spacial score (nSPS) is 10.2. The summed E-state index contributed by atoms with van der Waals surface area (Å²) < 4.78 is 0.958. The molecule has 2 rings (SSSR count). The van der Waals surface area contributed by atoms with E-state index in [2.05, 4.69) is 6.07 Å². The zero-order chi connectivity index (χ0) is 9.42. The highest BCUT2D eigenvalue weighted by Gasteiger charge is 2.05. The molecule has 0 spiro atoms. The summed E-state index contributed by atoms with van der Waals surface area (Å²) >= 11 is 1.48. The Balaban J connectivity index is 2.86. The Morgan fingerprint density at radius 2 is 2.23 bits per heavy atom. The molecule has 0 radical (unpaired) electrons. The molecule has 2 nitrogen and oxygen atoms in total. The van der Waals surface area contributed by atoms with E-state index in [0.29, 0.717) is 11.3 Å². The van der Waals surface area contributed by atoms with Gasteiger partial charge in [-0.05, 0) is 24.6 Å². The minimum atomic E-state index is 0.291. The van der Waals surface area contributed by atoms with Gasteiger partial charge in [-0.2, -0.15) is 5.26 Å². The van der Waals surface area contributed by atoms with Crippen LogP contribution in [0.25, 0.3) is 10.1 Å². The summed E-state index contributed by atoms with van der Waals surface area (Å²) in [5.74, 6) is 0.291. The standard InChI is InChI=1S/C10H7NOS/c1-6-2-8-7(4-11)5-13-10(8)3-9(6)12/h2-3,5,12H,1H3. The minimum absolute atomic E-state index is 0.291. The number of thiophene rings is 1. The van der Waals surface area contributed by atoms with Gasteiger partial charge in [0.05, 0.1) is 5.56 Å². The van der Waals surface area contributed by atoms with Crippen LogP contribution in [0, 0.1) is 18.3 Å². The van der Waals surface area contributed by atoms with Crippen LogP contribution in [-0.2, 0) is 0 Å². The van der Waals surface area contributed by atoms with Gasteiger partial charge in [0.15, 0.2) is 0 Å². The van der Waals surface area contributed by atoms with Crippen molar-refractivity contribution in [3.05, 3.63) is 28.6 Å². The smallest absolute Gasteiger partial charge is 0.119 e. The Bertz CT molecular complexity index is 507. The number of hydrogen-bond acceptors (Lipinski definition) is 3. The number of nitriles is 1. The van der Waals surface area contributed by atoms with Crippen molar-refractivity contribution in [3.63, 3.8) is 0 Å². The topological polar surface area (TPSA) is 44.0 Å². The van der Waals surface area contributed by atoms with Crippen LogP contribution in [0.4, 0.5) is 0 Å². The van der Waals surface area contributed by atoms with Crippen LogP contribution in [0.3, 0.4) is 0 Å². The molecule has 0 bridgehead atoms. The van der Waals surface area contributed by atoms with Gasteiger partial charge in [-0.1, -0.05) is 0 Å². The van der Waals surface area contributed by atoms with Crippen LogP contribution < -0.4 is 0 Å². The largest absolute Gasteiger partial charge is 0.508 e. The molecule has 0 atom stereocenters. The van der Waals surface area contributed by atoms with Gasteiger partial charge in [0, 0.05) is 15.5 Å². The first-order valence-corrected chi connectivity index (χ1v) is 4.71. The van der Waals surface area contributed by atoms with Crippen LogP contribution in [0.15, 0.2) is 17.5 Å². The summed E-state index contributed by atoms with van der Waals surface area (Å²) in [6, 6.07) is 5.68. The van der Waals surface area contributed by atoms with Gasteiger partial charge in [-0.15, -0.1) is 11.3 Å². The van der Waals surface area contributed by atoms with Crippen molar-refractivity contribution in [2.45, 2.75) is 6.92 Å². The Kier molecular flexibility index (Phi) is 1.71. The van der Waals surface area contributed by atoms with Crippen molar-refractivity contribution >= 4 is 21.4 Å². The minimum Gasteiger partial charge on any atom is -0.508 e. The lowest BCUT2D eigenvalue weighted by atomic mass is 10.1. The third-order valence-corrected chi connectivity index (χ3v) is 2.96. The maximum Gasteiger partial charge on any atom is 0.119 e. The lowest BCUT2D eigenvalue weighted by molar-refractivity contribution is 0.472. The van der Waals surface area contributed by atoms with Crippen LogP contribution in [0.2, 0.25) is 0 Å². The maximum absolute atomic E-state index is 9.42. The number of hydrogen-bond donors (Lipinski definition) is 1. The molecule has 64 valence electrons. The van der Waals surface area contributed by atoms with Gasteiger partial charge in [-0.3, -0.25) is 0 Å². The fourth-order valence-corrected chi connectivity index (χ4v) is 2.16. The van der Waals surface area contributed by atoms with Gasteiger partial charge in [0.2, 0.25) is 0 Å². The Labute approximate surface area is 79.7 Å². The predicted octanol–water partition coefficient (Wildman–Crippen LogP) is 2.79. The fourth-order valence-electron chi connectivity index (χ4n) is 1.26. The van der Waals surface area contributed by atoms with Gasteiger partial charge in [0.25, 0.3) is 0 Å². The second kappa shape index (κ2) is 2.75. The number of fused-ring (bicyclic) bond motifs is 1. The third kappa shape index (κ3) is 1.16. The highest BCUT2D eigenvalue weighted by atomic mass is 32.1. The molecule has 0 saturated carbocycles. The number of phenolic OH excluding ortho intramolecular Hbond substituents is 1. The van der Waals surface area contributed by atoms with E-state index in [1.54, 1.807) is 6.07 Å². The quantitative estimate of drug-likeness (QED) is 0.692.